The zero-order valence-electron chi connectivity index (χ0n) is 11.9. The van der Waals surface area contributed by atoms with Crippen molar-refractivity contribution >= 4 is 17.8 Å². The van der Waals surface area contributed by atoms with E-state index in [0.717, 1.165) is 4.90 Å². The van der Waals surface area contributed by atoms with Crippen LogP contribution >= 0.6 is 0 Å². The molecule has 1 rings (SSSR count). The highest BCUT2D eigenvalue weighted by Crippen LogP contribution is 2.19. The SMILES string of the molecule is CCOC(=O)C1CCC(=O)CN1C(=O)OC(C)(C)C. The van der Waals surface area contributed by atoms with Crippen LogP contribution in [0.25, 0.3) is 0 Å². The van der Waals surface area contributed by atoms with Gasteiger partial charge >= 0.3 is 12.1 Å². The van der Waals surface area contributed by atoms with Crippen LogP contribution in [0.2, 0.25) is 0 Å². The Hall–Kier alpha value is -1.59. The van der Waals surface area contributed by atoms with E-state index in [2.05, 4.69) is 0 Å². The minimum atomic E-state index is -0.729. The average molecular weight is 271 g/mol. The van der Waals surface area contributed by atoms with E-state index in [1.807, 2.05) is 0 Å². The third-order valence-corrected chi connectivity index (χ3v) is 2.61. The molecule has 0 radical (unpaired) electrons. The first-order valence-electron chi connectivity index (χ1n) is 6.42. The first kappa shape index (κ1) is 15.5. The molecule has 19 heavy (non-hydrogen) atoms. The van der Waals surface area contributed by atoms with E-state index >= 15 is 0 Å². The first-order valence-corrected chi connectivity index (χ1v) is 6.42. The van der Waals surface area contributed by atoms with Gasteiger partial charge in [-0.1, -0.05) is 0 Å². The van der Waals surface area contributed by atoms with Gasteiger partial charge in [0, 0.05) is 6.42 Å². The number of piperidine rings is 1. The Balaban J connectivity index is 2.81. The molecule has 0 aromatic heterocycles. The van der Waals surface area contributed by atoms with E-state index in [9.17, 15) is 14.4 Å². The van der Waals surface area contributed by atoms with E-state index in [0.29, 0.717) is 0 Å². The van der Waals surface area contributed by atoms with Crippen molar-refractivity contribution in [1.29, 1.82) is 0 Å². The van der Waals surface area contributed by atoms with E-state index in [-0.39, 0.29) is 31.8 Å². The number of carbonyl (C=O) groups is 3. The molecular formula is C13H21NO5. The zero-order valence-corrected chi connectivity index (χ0v) is 11.9. The normalized spacial score (nSPS) is 20.1. The zero-order chi connectivity index (χ0) is 14.6. The molecule has 1 aliphatic rings. The molecule has 0 N–H and O–H groups in total. The van der Waals surface area contributed by atoms with E-state index in [1.54, 1.807) is 27.7 Å². The number of esters is 1. The molecule has 0 spiro atoms. The van der Waals surface area contributed by atoms with Gasteiger partial charge < -0.3 is 9.47 Å². The van der Waals surface area contributed by atoms with Gasteiger partial charge in [0.15, 0.2) is 5.78 Å². The number of likely N-dealkylation sites (tertiary alicyclic amines) is 1. The van der Waals surface area contributed by atoms with Gasteiger partial charge in [-0.05, 0) is 34.1 Å². The molecule has 1 unspecified atom stereocenters. The van der Waals surface area contributed by atoms with Gasteiger partial charge in [0.25, 0.3) is 0 Å². The Labute approximate surface area is 113 Å². The maximum Gasteiger partial charge on any atom is 0.411 e. The second-order valence-corrected chi connectivity index (χ2v) is 5.45. The number of Topliss-reactive ketones (excluding diaryl/α,β-unsaturated/α-hetero) is 1. The third kappa shape index (κ3) is 4.54. The maximum absolute atomic E-state index is 12.0. The van der Waals surface area contributed by atoms with Crippen molar-refractivity contribution in [1.82, 2.24) is 4.90 Å². The fourth-order valence-electron chi connectivity index (χ4n) is 1.83. The summed E-state index contributed by atoms with van der Waals surface area (Å²) in [6.45, 7) is 7.04. The summed E-state index contributed by atoms with van der Waals surface area (Å²) in [6.07, 6.45) is -0.0849. The Morgan fingerprint density at radius 2 is 2.00 bits per heavy atom. The van der Waals surface area contributed by atoms with E-state index < -0.39 is 23.7 Å². The molecule has 6 heteroatoms. The van der Waals surface area contributed by atoms with Crippen LogP contribution in [0.15, 0.2) is 0 Å². The van der Waals surface area contributed by atoms with Crippen LogP contribution < -0.4 is 0 Å². The lowest BCUT2D eigenvalue weighted by Gasteiger charge is -2.34. The summed E-state index contributed by atoms with van der Waals surface area (Å²) in [6, 6.07) is -0.729. The smallest absolute Gasteiger partial charge is 0.411 e. The van der Waals surface area contributed by atoms with Crippen LogP contribution in [0.3, 0.4) is 0 Å². The second kappa shape index (κ2) is 6.04. The van der Waals surface area contributed by atoms with Gasteiger partial charge in [0.2, 0.25) is 0 Å². The molecule has 1 amide bonds. The Bertz CT molecular complexity index is 372. The van der Waals surface area contributed by atoms with Crippen LogP contribution in [-0.4, -0.2) is 47.5 Å². The van der Waals surface area contributed by atoms with Gasteiger partial charge in [-0.2, -0.15) is 0 Å². The molecule has 0 bridgehead atoms. The molecule has 1 fully saturated rings. The molecule has 0 aromatic carbocycles. The highest BCUT2D eigenvalue weighted by atomic mass is 16.6. The number of nitrogens with zero attached hydrogens (tertiary/aromatic N) is 1. The minimum absolute atomic E-state index is 0.0774. The lowest BCUT2D eigenvalue weighted by Crippen LogP contribution is -2.52. The summed E-state index contributed by atoms with van der Waals surface area (Å²) in [7, 11) is 0. The predicted octanol–water partition coefficient (Wildman–Crippen LogP) is 1.52. The number of hydrogen-bond donors (Lipinski definition) is 0. The Morgan fingerprint density at radius 3 is 2.53 bits per heavy atom. The quantitative estimate of drug-likeness (QED) is 0.712. The van der Waals surface area contributed by atoms with E-state index in [1.165, 1.54) is 0 Å². The molecule has 1 heterocycles. The van der Waals surface area contributed by atoms with Crippen molar-refractivity contribution in [2.24, 2.45) is 0 Å². The summed E-state index contributed by atoms with van der Waals surface area (Å²) in [5.41, 5.74) is -0.670. The van der Waals surface area contributed by atoms with Crippen LogP contribution in [0.5, 0.6) is 0 Å². The van der Waals surface area contributed by atoms with Crippen LogP contribution in [0, 0.1) is 0 Å². The van der Waals surface area contributed by atoms with Crippen molar-refractivity contribution in [2.75, 3.05) is 13.2 Å². The number of rotatable bonds is 2. The molecule has 6 nitrogen and oxygen atoms in total. The molecular weight excluding hydrogens is 250 g/mol. The summed E-state index contributed by atoms with van der Waals surface area (Å²) in [4.78, 5) is 36.5. The highest BCUT2D eigenvalue weighted by molar-refractivity contribution is 5.90. The predicted molar refractivity (Wildman–Crippen MR) is 67.6 cm³/mol. The fraction of sp³-hybridized carbons (Fsp3) is 0.769. The Kier molecular flexibility index (Phi) is 4.91. The third-order valence-electron chi connectivity index (χ3n) is 2.61. The molecule has 0 aromatic rings. The summed E-state index contributed by atoms with van der Waals surface area (Å²) < 4.78 is 10.1. The standard InChI is InChI=1S/C13H21NO5/c1-5-18-11(16)10-7-6-9(15)8-14(10)12(17)19-13(2,3)4/h10H,5-8H2,1-4H3. The fourth-order valence-corrected chi connectivity index (χ4v) is 1.83. The molecule has 1 aliphatic heterocycles. The summed E-state index contributed by atoms with van der Waals surface area (Å²) in [5, 5.41) is 0. The van der Waals surface area contributed by atoms with Crippen molar-refractivity contribution in [3.05, 3.63) is 0 Å². The summed E-state index contributed by atoms with van der Waals surface area (Å²) in [5.74, 6) is -0.563. The van der Waals surface area contributed by atoms with Gasteiger partial charge in [0.05, 0.1) is 13.2 Å². The average Bonchev–Trinajstić information content (AvgIpc) is 2.26. The number of ketones is 1. The summed E-state index contributed by atoms with van der Waals surface area (Å²) >= 11 is 0. The van der Waals surface area contributed by atoms with E-state index in [4.69, 9.17) is 9.47 Å². The Morgan fingerprint density at radius 1 is 1.37 bits per heavy atom. The van der Waals surface area contributed by atoms with Gasteiger partial charge in [-0.15, -0.1) is 0 Å². The van der Waals surface area contributed by atoms with Crippen LogP contribution in [-0.2, 0) is 19.1 Å². The first-order chi connectivity index (χ1) is 8.74. The second-order valence-electron chi connectivity index (χ2n) is 5.45. The minimum Gasteiger partial charge on any atom is -0.464 e. The number of carbonyl (C=O) groups excluding carboxylic acids is 3. The lowest BCUT2D eigenvalue weighted by atomic mass is 10.0. The van der Waals surface area contributed by atoms with Gasteiger partial charge in [-0.3, -0.25) is 9.69 Å². The van der Waals surface area contributed by atoms with Crippen LogP contribution in [0.4, 0.5) is 4.79 Å². The monoisotopic (exact) mass is 271 g/mol. The molecule has 108 valence electrons. The van der Waals surface area contributed by atoms with Crippen molar-refractivity contribution in [3.8, 4) is 0 Å². The largest absolute Gasteiger partial charge is 0.464 e. The van der Waals surface area contributed by atoms with Gasteiger partial charge in [0.1, 0.15) is 11.6 Å². The molecule has 0 saturated carbocycles. The molecule has 1 atom stereocenters. The topological polar surface area (TPSA) is 72.9 Å². The van der Waals surface area contributed by atoms with Crippen molar-refractivity contribution < 1.29 is 23.9 Å². The lowest BCUT2D eigenvalue weighted by molar-refractivity contribution is -0.151. The van der Waals surface area contributed by atoms with Crippen molar-refractivity contribution in [3.63, 3.8) is 0 Å². The maximum atomic E-state index is 12.0. The number of ether oxygens (including phenoxy) is 2. The van der Waals surface area contributed by atoms with Crippen LogP contribution in [0.1, 0.15) is 40.5 Å². The van der Waals surface area contributed by atoms with Crippen molar-refractivity contribution in [2.45, 2.75) is 52.2 Å². The number of hydrogen-bond acceptors (Lipinski definition) is 5. The number of amides is 1. The van der Waals surface area contributed by atoms with Gasteiger partial charge in [-0.25, -0.2) is 9.59 Å². The molecule has 1 saturated heterocycles. The highest BCUT2D eigenvalue weighted by Gasteiger charge is 2.38. The molecule has 0 aliphatic carbocycles.